The molecule has 0 saturated carbocycles. The molecule has 0 N–H and O–H groups in total. The number of hydrogen-bond donors (Lipinski definition) is 0. The summed E-state index contributed by atoms with van der Waals surface area (Å²) in [6.07, 6.45) is 5.28. The fourth-order valence-corrected chi connectivity index (χ4v) is 9.82. The second-order valence-electron chi connectivity index (χ2n) is 9.48. The third kappa shape index (κ3) is 6.32. The summed E-state index contributed by atoms with van der Waals surface area (Å²) in [6, 6.07) is 21.7. The highest BCUT2D eigenvalue weighted by Gasteiger charge is 2.51. The molecule has 2 aromatic carbocycles. The maximum absolute atomic E-state index is 7.46. The van der Waals surface area contributed by atoms with Crippen LogP contribution in [0.5, 0.6) is 0 Å². The highest BCUT2D eigenvalue weighted by atomic mass is 127. The summed E-state index contributed by atoms with van der Waals surface area (Å²) >= 11 is 4.08. The van der Waals surface area contributed by atoms with Crippen molar-refractivity contribution in [3.63, 3.8) is 0 Å². The normalized spacial score (nSPS) is 14.4. The van der Waals surface area contributed by atoms with Crippen LogP contribution in [0.2, 0.25) is 5.04 Å². The van der Waals surface area contributed by atoms with Gasteiger partial charge in [-0.3, -0.25) is 0 Å². The molecule has 1 atom stereocenters. The van der Waals surface area contributed by atoms with Crippen LogP contribution >= 0.6 is 33.9 Å². The predicted molar refractivity (Wildman–Crippen MR) is 155 cm³/mol. The molecule has 1 aromatic heterocycles. The van der Waals surface area contributed by atoms with Crippen molar-refractivity contribution in [2.24, 2.45) is 0 Å². The van der Waals surface area contributed by atoms with Crippen LogP contribution in [0, 0.1) is 6.92 Å². The molecule has 0 bridgehead atoms. The fraction of sp³-hybridized carbons (Fsp3) is 0.321. The Morgan fingerprint density at radius 3 is 2.00 bits per heavy atom. The molecule has 174 valence electrons. The van der Waals surface area contributed by atoms with E-state index in [4.69, 9.17) is 4.43 Å². The fourth-order valence-electron chi connectivity index (χ4n) is 4.27. The van der Waals surface area contributed by atoms with Crippen molar-refractivity contribution in [2.45, 2.75) is 59.1 Å². The molecule has 0 spiro atoms. The van der Waals surface area contributed by atoms with Gasteiger partial charge in [0.15, 0.2) is 0 Å². The first-order chi connectivity index (χ1) is 15.6. The SMILES string of the molecule is C/C(I)=C/C[C@H](O[Si](c1ccccc1)(c1ccccc1)C(C)(C)C)/C(C)=C/c1csc(C)n1. The van der Waals surface area contributed by atoms with Gasteiger partial charge in [-0.2, -0.15) is 0 Å². The molecule has 0 aliphatic heterocycles. The van der Waals surface area contributed by atoms with Crippen LogP contribution in [0.4, 0.5) is 0 Å². The van der Waals surface area contributed by atoms with Crippen molar-refractivity contribution in [2.75, 3.05) is 0 Å². The van der Waals surface area contributed by atoms with Crippen molar-refractivity contribution in [3.05, 3.63) is 92.0 Å². The molecular weight excluding hydrogens is 553 g/mol. The first-order valence-electron chi connectivity index (χ1n) is 11.3. The van der Waals surface area contributed by atoms with Gasteiger partial charge in [-0.25, -0.2) is 4.98 Å². The van der Waals surface area contributed by atoms with Gasteiger partial charge in [0, 0.05) is 5.38 Å². The lowest BCUT2D eigenvalue weighted by atomic mass is 10.1. The van der Waals surface area contributed by atoms with E-state index in [0.29, 0.717) is 0 Å². The molecule has 0 fully saturated rings. The van der Waals surface area contributed by atoms with Gasteiger partial charge in [0.25, 0.3) is 8.32 Å². The lowest BCUT2D eigenvalue weighted by Crippen LogP contribution is -2.67. The molecular formula is C28H34INOSSi. The van der Waals surface area contributed by atoms with Crippen molar-refractivity contribution in [1.29, 1.82) is 0 Å². The van der Waals surface area contributed by atoms with E-state index in [1.807, 2.05) is 0 Å². The molecule has 0 radical (unpaired) electrons. The number of nitrogens with zero attached hydrogens (tertiary/aromatic N) is 1. The summed E-state index contributed by atoms with van der Waals surface area (Å²) in [4.78, 5) is 4.67. The monoisotopic (exact) mass is 587 g/mol. The van der Waals surface area contributed by atoms with Crippen LogP contribution in [-0.2, 0) is 4.43 Å². The molecule has 5 heteroatoms. The van der Waals surface area contributed by atoms with Gasteiger partial charge < -0.3 is 4.43 Å². The van der Waals surface area contributed by atoms with Gasteiger partial charge in [-0.15, -0.1) is 11.3 Å². The van der Waals surface area contributed by atoms with E-state index in [-0.39, 0.29) is 11.1 Å². The number of thiazole rings is 1. The number of aryl methyl sites for hydroxylation is 1. The van der Waals surface area contributed by atoms with E-state index in [9.17, 15) is 0 Å². The lowest BCUT2D eigenvalue weighted by Gasteiger charge is -2.45. The van der Waals surface area contributed by atoms with Gasteiger partial charge in [0.1, 0.15) is 0 Å². The molecule has 0 amide bonds. The first-order valence-corrected chi connectivity index (χ1v) is 15.2. The van der Waals surface area contributed by atoms with E-state index in [0.717, 1.165) is 17.1 Å². The highest BCUT2D eigenvalue weighted by molar-refractivity contribution is 14.1. The van der Waals surface area contributed by atoms with Gasteiger partial charge in [-0.05, 0) is 80.4 Å². The van der Waals surface area contributed by atoms with Crippen LogP contribution < -0.4 is 10.4 Å². The minimum Gasteiger partial charge on any atom is -0.400 e. The zero-order chi connectivity index (χ0) is 24.1. The molecule has 2 nitrogen and oxygen atoms in total. The Morgan fingerprint density at radius 2 is 1.58 bits per heavy atom. The second kappa shape index (κ2) is 11.3. The van der Waals surface area contributed by atoms with Crippen LogP contribution in [0.15, 0.2) is 81.3 Å². The zero-order valence-electron chi connectivity index (χ0n) is 20.4. The average Bonchev–Trinajstić information content (AvgIpc) is 3.18. The number of halogens is 1. The zero-order valence-corrected chi connectivity index (χ0v) is 24.4. The molecule has 33 heavy (non-hydrogen) atoms. The topological polar surface area (TPSA) is 22.1 Å². The molecule has 0 aliphatic carbocycles. The van der Waals surface area contributed by atoms with Gasteiger partial charge in [-0.1, -0.05) is 87.5 Å². The first kappa shape index (κ1) is 26.1. The van der Waals surface area contributed by atoms with E-state index < -0.39 is 8.32 Å². The van der Waals surface area contributed by atoms with E-state index >= 15 is 0 Å². The molecule has 1 heterocycles. The summed E-state index contributed by atoms with van der Waals surface area (Å²) in [5.74, 6) is 0. The molecule has 0 aliphatic rings. The smallest absolute Gasteiger partial charge is 0.261 e. The molecule has 3 rings (SSSR count). The predicted octanol–water partition coefficient (Wildman–Crippen LogP) is 7.53. The van der Waals surface area contributed by atoms with Crippen molar-refractivity contribution in [1.82, 2.24) is 4.98 Å². The minimum absolute atomic E-state index is 0.0389. The minimum atomic E-state index is -2.65. The largest absolute Gasteiger partial charge is 0.400 e. The number of aromatic nitrogens is 1. The Hall–Kier alpha value is -1.54. The Labute approximate surface area is 218 Å². The Kier molecular flexibility index (Phi) is 8.89. The van der Waals surface area contributed by atoms with Crippen LogP contribution in [0.3, 0.4) is 0 Å². The standard InChI is InChI=1S/C28H34INOSSi/c1-21(19-24-20-32-23(3)30-24)27(18-17-22(2)29)31-33(28(4,5)6,25-13-9-7-10-14-25)26-15-11-8-12-16-26/h7-17,19-20,27H,18H2,1-6H3/b21-19+,22-17-/t27-/m0/s1. The maximum Gasteiger partial charge on any atom is 0.261 e. The number of benzene rings is 2. The van der Waals surface area contributed by atoms with Crippen molar-refractivity contribution >= 4 is 58.7 Å². The highest BCUT2D eigenvalue weighted by Crippen LogP contribution is 2.39. The summed E-state index contributed by atoms with van der Waals surface area (Å²) in [7, 11) is -2.65. The van der Waals surface area contributed by atoms with E-state index in [1.54, 1.807) is 11.3 Å². The van der Waals surface area contributed by atoms with Crippen LogP contribution in [0.1, 0.15) is 51.7 Å². The number of hydrogen-bond acceptors (Lipinski definition) is 3. The van der Waals surface area contributed by atoms with E-state index in [1.165, 1.54) is 19.5 Å². The number of rotatable bonds is 8. The summed E-state index contributed by atoms with van der Waals surface area (Å²) in [6.45, 7) is 13.4. The van der Waals surface area contributed by atoms with Crippen molar-refractivity contribution in [3.8, 4) is 0 Å². The molecule has 0 saturated heterocycles. The van der Waals surface area contributed by atoms with Gasteiger partial charge in [0.2, 0.25) is 0 Å². The maximum atomic E-state index is 7.46. The third-order valence-corrected chi connectivity index (χ3v) is 12.1. The quantitative estimate of drug-likeness (QED) is 0.201. The van der Waals surface area contributed by atoms with Crippen LogP contribution in [0.25, 0.3) is 6.08 Å². The van der Waals surface area contributed by atoms with Gasteiger partial charge >= 0.3 is 0 Å². The summed E-state index contributed by atoms with van der Waals surface area (Å²) in [5.41, 5.74) is 2.23. The third-order valence-electron chi connectivity index (χ3n) is 5.87. The molecule has 3 aromatic rings. The number of allylic oxidation sites excluding steroid dienone is 1. The summed E-state index contributed by atoms with van der Waals surface area (Å²) < 4.78 is 8.74. The summed E-state index contributed by atoms with van der Waals surface area (Å²) in [5, 5.41) is 5.76. The molecule has 0 unspecified atom stereocenters. The van der Waals surface area contributed by atoms with Gasteiger partial charge in [0.05, 0.1) is 16.8 Å². The Bertz CT molecular complexity index is 1060. The Morgan fingerprint density at radius 1 is 1.03 bits per heavy atom. The lowest BCUT2D eigenvalue weighted by molar-refractivity contribution is 0.225. The second-order valence-corrected chi connectivity index (χ2v) is 16.5. The van der Waals surface area contributed by atoms with E-state index in [2.05, 4.69) is 147 Å². The van der Waals surface area contributed by atoms with Crippen LogP contribution in [-0.4, -0.2) is 19.4 Å². The Balaban J connectivity index is 2.18. The van der Waals surface area contributed by atoms with Crippen molar-refractivity contribution < 1.29 is 4.43 Å². The average molecular weight is 588 g/mol.